The van der Waals surface area contributed by atoms with Gasteiger partial charge in [-0.1, -0.05) is 117 Å². The summed E-state index contributed by atoms with van der Waals surface area (Å²) in [7, 11) is 9.91. The molecule has 0 aromatic rings. The van der Waals surface area contributed by atoms with Crippen LogP contribution < -0.4 is 34.0 Å². The van der Waals surface area contributed by atoms with Gasteiger partial charge in [0.25, 0.3) is 0 Å². The summed E-state index contributed by atoms with van der Waals surface area (Å²) in [4.78, 5) is 0. The predicted octanol–water partition coefficient (Wildman–Crippen LogP) is 5.33. The van der Waals surface area contributed by atoms with E-state index in [4.69, 9.17) is 0 Å². The molecule has 0 aromatic heterocycles. The second kappa shape index (κ2) is 29.9. The van der Waals surface area contributed by atoms with Gasteiger partial charge in [-0.15, -0.1) is 0 Å². The van der Waals surface area contributed by atoms with Gasteiger partial charge in [-0.3, -0.25) is 0 Å². The van der Waals surface area contributed by atoms with Crippen LogP contribution in [-0.2, 0) is 0 Å². The zero-order valence-electron chi connectivity index (χ0n) is 29.2. The highest BCUT2D eigenvalue weighted by atomic mass is 79.9. The van der Waals surface area contributed by atoms with Gasteiger partial charge in [-0.05, 0) is 65.2 Å². The van der Waals surface area contributed by atoms with Crippen molar-refractivity contribution in [3.63, 3.8) is 0 Å². The minimum atomic E-state index is 0. The van der Waals surface area contributed by atoms with E-state index in [0.717, 1.165) is 12.1 Å². The minimum Gasteiger partial charge on any atom is -1.00 e. The maximum atomic E-state index is 2.50. The Balaban J connectivity index is -0.00000684. The standard InChI is InChI=1S/C36H78N2.2BrH/c1-9-11-13-15-17-19-21-23-27-31-35(3)37(5,6)33-29-25-26-30-34-38(7,8)36(4)32-28-24-22-20-18-16-14-12-10-2;;/h35-36H,9-34H2,1-8H3;2*1H/q+2;;/p-2. The number of unbranched alkanes of at least 4 members (excludes halogenated alkanes) is 19. The highest BCUT2D eigenvalue weighted by Gasteiger charge is 2.24. The summed E-state index contributed by atoms with van der Waals surface area (Å²) in [6.07, 6.45) is 34.4. The lowest BCUT2D eigenvalue weighted by Gasteiger charge is -2.37. The highest BCUT2D eigenvalue weighted by molar-refractivity contribution is 4.57. The summed E-state index contributed by atoms with van der Waals surface area (Å²) < 4.78 is 2.43. The third-order valence-electron chi connectivity index (χ3n) is 10.1. The molecule has 0 saturated carbocycles. The van der Waals surface area contributed by atoms with Gasteiger partial charge < -0.3 is 42.9 Å². The zero-order chi connectivity index (χ0) is 28.5. The number of quaternary nitrogens is 2. The number of halogens is 2. The topological polar surface area (TPSA) is 0 Å². The van der Waals surface area contributed by atoms with E-state index in [2.05, 4.69) is 55.9 Å². The van der Waals surface area contributed by atoms with E-state index in [1.165, 1.54) is 176 Å². The van der Waals surface area contributed by atoms with Crippen LogP contribution in [0.5, 0.6) is 0 Å². The van der Waals surface area contributed by atoms with Crippen molar-refractivity contribution < 1.29 is 42.9 Å². The van der Waals surface area contributed by atoms with Crippen LogP contribution in [0, 0.1) is 0 Å². The van der Waals surface area contributed by atoms with Gasteiger partial charge in [-0.25, -0.2) is 0 Å². The first-order chi connectivity index (χ1) is 18.2. The molecule has 0 saturated heterocycles. The van der Waals surface area contributed by atoms with Gasteiger partial charge >= 0.3 is 0 Å². The van der Waals surface area contributed by atoms with Crippen LogP contribution in [-0.4, -0.2) is 62.3 Å². The molecule has 2 nitrogen and oxygen atoms in total. The van der Waals surface area contributed by atoms with E-state index < -0.39 is 0 Å². The average molecular weight is 699 g/mol. The number of nitrogens with zero attached hydrogens (tertiary/aromatic N) is 2. The molecule has 4 heteroatoms. The number of rotatable bonds is 29. The van der Waals surface area contributed by atoms with Crippen LogP contribution in [0.25, 0.3) is 0 Å². The Morgan fingerprint density at radius 1 is 0.350 bits per heavy atom. The third kappa shape index (κ3) is 26.5. The fourth-order valence-corrected chi connectivity index (χ4v) is 6.03. The Labute approximate surface area is 276 Å². The fourth-order valence-electron chi connectivity index (χ4n) is 6.03. The molecule has 40 heavy (non-hydrogen) atoms. The van der Waals surface area contributed by atoms with Gasteiger partial charge in [0.05, 0.1) is 53.4 Å². The highest BCUT2D eigenvalue weighted by Crippen LogP contribution is 2.20. The van der Waals surface area contributed by atoms with Crippen molar-refractivity contribution in [2.24, 2.45) is 0 Å². The average Bonchev–Trinajstić information content (AvgIpc) is 2.88. The molecule has 0 radical (unpaired) electrons. The fraction of sp³-hybridized carbons (Fsp3) is 1.00. The summed E-state index contributed by atoms with van der Waals surface area (Å²) in [5.74, 6) is 0. The molecule has 0 aliphatic carbocycles. The van der Waals surface area contributed by atoms with Crippen molar-refractivity contribution in [3.05, 3.63) is 0 Å². The van der Waals surface area contributed by atoms with E-state index in [-0.39, 0.29) is 34.0 Å². The van der Waals surface area contributed by atoms with Crippen molar-refractivity contribution >= 4 is 0 Å². The molecule has 0 bridgehead atoms. The lowest BCUT2D eigenvalue weighted by atomic mass is 10.0. The largest absolute Gasteiger partial charge is 1.00 e. The van der Waals surface area contributed by atoms with Crippen molar-refractivity contribution in [1.29, 1.82) is 0 Å². The molecule has 0 fully saturated rings. The second-order valence-corrected chi connectivity index (χ2v) is 14.4. The number of hydrogen-bond donors (Lipinski definition) is 0. The SMILES string of the molecule is CCCCCCCCCCCC(C)[N+](C)(C)CCCCCC[N+](C)(C)C(C)CCCCCCCCCCC.[Br-].[Br-]. The van der Waals surface area contributed by atoms with E-state index >= 15 is 0 Å². The van der Waals surface area contributed by atoms with Crippen LogP contribution in [0.2, 0.25) is 0 Å². The first-order valence-corrected chi connectivity index (χ1v) is 17.8. The maximum Gasteiger partial charge on any atom is 0.0857 e. The molecule has 2 atom stereocenters. The molecule has 246 valence electrons. The smallest absolute Gasteiger partial charge is 0.0857 e. The lowest BCUT2D eigenvalue weighted by Crippen LogP contribution is -3.00. The van der Waals surface area contributed by atoms with Crippen LogP contribution >= 0.6 is 0 Å². The molecular weight excluding hydrogens is 620 g/mol. The summed E-state index contributed by atoms with van der Waals surface area (Å²) >= 11 is 0. The van der Waals surface area contributed by atoms with Crippen molar-refractivity contribution in [1.82, 2.24) is 0 Å². The van der Waals surface area contributed by atoms with Crippen LogP contribution in [0.15, 0.2) is 0 Å². The Morgan fingerprint density at radius 3 is 0.850 bits per heavy atom. The van der Waals surface area contributed by atoms with E-state index in [0.29, 0.717) is 0 Å². The van der Waals surface area contributed by atoms with Gasteiger partial charge in [0, 0.05) is 0 Å². The van der Waals surface area contributed by atoms with Gasteiger partial charge in [-0.2, -0.15) is 0 Å². The predicted molar refractivity (Wildman–Crippen MR) is 175 cm³/mol. The molecule has 0 aromatic carbocycles. The Kier molecular flexibility index (Phi) is 33.9. The van der Waals surface area contributed by atoms with Crippen LogP contribution in [0.1, 0.15) is 182 Å². The molecule has 2 unspecified atom stereocenters. The van der Waals surface area contributed by atoms with Crippen molar-refractivity contribution in [2.75, 3.05) is 41.3 Å². The molecule has 0 aliphatic heterocycles. The summed E-state index contributed by atoms with van der Waals surface area (Å²) in [5.41, 5.74) is 0. The molecular formula is C36H78Br2N2. The zero-order valence-corrected chi connectivity index (χ0v) is 32.4. The molecule has 0 heterocycles. The van der Waals surface area contributed by atoms with Crippen LogP contribution in [0.4, 0.5) is 0 Å². The third-order valence-corrected chi connectivity index (χ3v) is 10.1. The molecule has 0 rings (SSSR count). The first-order valence-electron chi connectivity index (χ1n) is 17.8. The quantitative estimate of drug-likeness (QED) is 0.0733. The molecule has 0 spiro atoms. The monoisotopic (exact) mass is 696 g/mol. The van der Waals surface area contributed by atoms with Crippen LogP contribution in [0.3, 0.4) is 0 Å². The van der Waals surface area contributed by atoms with E-state index in [1.54, 1.807) is 0 Å². The van der Waals surface area contributed by atoms with Gasteiger partial charge in [0.2, 0.25) is 0 Å². The van der Waals surface area contributed by atoms with Gasteiger partial charge in [0.15, 0.2) is 0 Å². The summed E-state index contributed by atoms with van der Waals surface area (Å²) in [5, 5.41) is 0. The van der Waals surface area contributed by atoms with Gasteiger partial charge in [0.1, 0.15) is 0 Å². The normalized spacial score (nSPS) is 13.5. The molecule has 0 aliphatic rings. The molecule has 0 N–H and O–H groups in total. The van der Waals surface area contributed by atoms with E-state index in [1.807, 2.05) is 0 Å². The Hall–Kier alpha value is 0.880. The van der Waals surface area contributed by atoms with Crippen molar-refractivity contribution in [3.8, 4) is 0 Å². The Morgan fingerprint density at radius 2 is 0.575 bits per heavy atom. The summed E-state index contributed by atoms with van der Waals surface area (Å²) in [6, 6.07) is 1.61. The second-order valence-electron chi connectivity index (χ2n) is 14.4. The number of hydrogen-bond acceptors (Lipinski definition) is 0. The summed E-state index contributed by atoms with van der Waals surface area (Å²) in [6.45, 7) is 12.3. The maximum absolute atomic E-state index is 2.50. The van der Waals surface area contributed by atoms with Crippen molar-refractivity contribution in [2.45, 2.75) is 194 Å². The van der Waals surface area contributed by atoms with E-state index in [9.17, 15) is 0 Å². The minimum absolute atomic E-state index is 0. The molecule has 0 amide bonds. The Bertz CT molecular complexity index is 451. The first kappa shape index (κ1) is 45.3. The lowest BCUT2D eigenvalue weighted by molar-refractivity contribution is -0.914.